The summed E-state index contributed by atoms with van der Waals surface area (Å²) in [6, 6.07) is 2.39. The number of rotatable bonds is 7. The summed E-state index contributed by atoms with van der Waals surface area (Å²) in [5.41, 5.74) is 5.68. The number of likely N-dealkylation sites (N-methyl/N-ethyl adjacent to an activating group) is 1. The van der Waals surface area contributed by atoms with E-state index in [9.17, 15) is 12.8 Å². The summed E-state index contributed by atoms with van der Waals surface area (Å²) in [5.74, 6) is -0.617. The van der Waals surface area contributed by atoms with E-state index in [0.29, 0.717) is 6.54 Å². The van der Waals surface area contributed by atoms with Crippen LogP contribution in [0.4, 0.5) is 10.1 Å². The molecule has 0 fully saturated rings. The standard InChI is InChI=1S/C13H22FN3O2S/c1-4-17(5-2)7-6-16-20(18,19)13-9-11(15)8-12(14)10(13)3/h8-9,16H,4-7,15H2,1-3H3. The summed E-state index contributed by atoms with van der Waals surface area (Å²) < 4.78 is 40.4. The Morgan fingerprint density at radius 3 is 2.45 bits per heavy atom. The first-order chi connectivity index (χ1) is 9.31. The summed E-state index contributed by atoms with van der Waals surface area (Å²) in [5, 5.41) is 0. The highest BCUT2D eigenvalue weighted by atomic mass is 32.2. The van der Waals surface area contributed by atoms with Crippen molar-refractivity contribution in [3.8, 4) is 0 Å². The number of hydrogen-bond acceptors (Lipinski definition) is 4. The second-order valence-corrected chi connectivity index (χ2v) is 6.29. The Balaban J connectivity index is 2.85. The third-order valence-corrected chi connectivity index (χ3v) is 4.81. The van der Waals surface area contributed by atoms with E-state index in [1.807, 2.05) is 13.8 Å². The van der Waals surface area contributed by atoms with Gasteiger partial charge in [-0.15, -0.1) is 0 Å². The van der Waals surface area contributed by atoms with Crippen molar-refractivity contribution in [3.05, 3.63) is 23.5 Å². The zero-order chi connectivity index (χ0) is 15.3. The molecule has 0 aliphatic rings. The number of sulfonamides is 1. The van der Waals surface area contributed by atoms with E-state index in [-0.39, 0.29) is 22.7 Å². The predicted octanol–water partition coefficient (Wildman–Crippen LogP) is 1.34. The maximum Gasteiger partial charge on any atom is 0.241 e. The maximum absolute atomic E-state index is 13.5. The first-order valence-electron chi connectivity index (χ1n) is 6.59. The largest absolute Gasteiger partial charge is 0.399 e. The average molecular weight is 303 g/mol. The van der Waals surface area contributed by atoms with Crippen molar-refractivity contribution < 1.29 is 12.8 Å². The molecule has 5 nitrogen and oxygen atoms in total. The summed E-state index contributed by atoms with van der Waals surface area (Å²) >= 11 is 0. The fourth-order valence-electron chi connectivity index (χ4n) is 1.91. The SMILES string of the molecule is CCN(CC)CCNS(=O)(=O)c1cc(N)cc(F)c1C. The molecule has 3 N–H and O–H groups in total. The smallest absolute Gasteiger partial charge is 0.241 e. The zero-order valence-corrected chi connectivity index (χ0v) is 12.9. The van der Waals surface area contributed by atoms with Gasteiger partial charge in [-0.25, -0.2) is 17.5 Å². The van der Waals surface area contributed by atoms with Crippen LogP contribution in [0.3, 0.4) is 0 Å². The van der Waals surface area contributed by atoms with Crippen LogP contribution < -0.4 is 10.5 Å². The van der Waals surface area contributed by atoms with Crippen LogP contribution in [0.15, 0.2) is 17.0 Å². The predicted molar refractivity (Wildman–Crippen MR) is 78.5 cm³/mol. The van der Waals surface area contributed by atoms with E-state index in [0.717, 1.165) is 19.2 Å². The van der Waals surface area contributed by atoms with Crippen LogP contribution in [0.25, 0.3) is 0 Å². The van der Waals surface area contributed by atoms with Gasteiger partial charge in [0.05, 0.1) is 4.90 Å². The van der Waals surface area contributed by atoms with E-state index in [1.54, 1.807) is 0 Å². The molecule has 1 aromatic rings. The van der Waals surface area contributed by atoms with E-state index in [1.165, 1.54) is 13.0 Å². The summed E-state index contributed by atoms with van der Waals surface area (Å²) in [6.45, 7) is 8.03. The van der Waals surface area contributed by atoms with Crippen LogP contribution in [0.1, 0.15) is 19.4 Å². The molecule has 1 aromatic carbocycles. The van der Waals surface area contributed by atoms with Crippen LogP contribution in [-0.4, -0.2) is 39.5 Å². The summed E-state index contributed by atoms with van der Waals surface area (Å²) in [7, 11) is -3.74. The van der Waals surface area contributed by atoms with Crippen LogP contribution >= 0.6 is 0 Å². The molecule has 0 saturated heterocycles. The van der Waals surface area contributed by atoms with Gasteiger partial charge in [-0.2, -0.15) is 0 Å². The van der Waals surface area contributed by atoms with Crippen LogP contribution in [0.2, 0.25) is 0 Å². The van der Waals surface area contributed by atoms with Gasteiger partial charge < -0.3 is 10.6 Å². The van der Waals surface area contributed by atoms with Gasteiger partial charge in [0.2, 0.25) is 10.0 Å². The Hall–Kier alpha value is -1.18. The average Bonchev–Trinajstić information content (AvgIpc) is 2.38. The molecule has 0 saturated carbocycles. The lowest BCUT2D eigenvalue weighted by molar-refractivity contribution is 0.309. The molecular weight excluding hydrogens is 281 g/mol. The van der Waals surface area contributed by atoms with Gasteiger partial charge in [0, 0.05) is 24.3 Å². The number of anilines is 1. The van der Waals surface area contributed by atoms with Crippen molar-refractivity contribution in [1.29, 1.82) is 0 Å². The van der Waals surface area contributed by atoms with Crippen molar-refractivity contribution in [2.45, 2.75) is 25.7 Å². The van der Waals surface area contributed by atoms with Gasteiger partial charge in [-0.1, -0.05) is 13.8 Å². The van der Waals surface area contributed by atoms with Crippen LogP contribution in [-0.2, 0) is 10.0 Å². The topological polar surface area (TPSA) is 75.4 Å². The lowest BCUT2D eigenvalue weighted by Gasteiger charge is -2.18. The highest BCUT2D eigenvalue weighted by Crippen LogP contribution is 2.21. The summed E-state index contributed by atoms with van der Waals surface area (Å²) in [4.78, 5) is 1.99. The number of nitrogen functional groups attached to an aromatic ring is 1. The number of nitrogens with zero attached hydrogens (tertiary/aromatic N) is 1. The minimum Gasteiger partial charge on any atom is -0.399 e. The zero-order valence-electron chi connectivity index (χ0n) is 12.1. The fraction of sp³-hybridized carbons (Fsp3) is 0.538. The fourth-order valence-corrected chi connectivity index (χ4v) is 3.22. The number of nitrogens with one attached hydrogen (secondary N) is 1. The molecule has 1 rings (SSSR count). The van der Waals surface area contributed by atoms with E-state index >= 15 is 0 Å². The van der Waals surface area contributed by atoms with Crippen molar-refractivity contribution in [2.24, 2.45) is 0 Å². The molecule has 114 valence electrons. The molecule has 0 unspecified atom stereocenters. The molecule has 0 aromatic heterocycles. The second kappa shape index (κ2) is 7.01. The number of halogens is 1. The van der Waals surface area contributed by atoms with Crippen LogP contribution in [0.5, 0.6) is 0 Å². The lowest BCUT2D eigenvalue weighted by Crippen LogP contribution is -2.35. The number of benzene rings is 1. The maximum atomic E-state index is 13.5. The molecule has 0 radical (unpaired) electrons. The minimum absolute atomic E-state index is 0.0783. The Bertz CT molecular complexity index is 557. The van der Waals surface area contributed by atoms with Gasteiger partial charge in [-0.3, -0.25) is 0 Å². The number of hydrogen-bond donors (Lipinski definition) is 2. The Morgan fingerprint density at radius 1 is 1.30 bits per heavy atom. The van der Waals surface area contributed by atoms with E-state index < -0.39 is 15.8 Å². The molecule has 20 heavy (non-hydrogen) atoms. The van der Waals surface area contributed by atoms with E-state index in [4.69, 9.17) is 5.73 Å². The third-order valence-electron chi connectivity index (χ3n) is 3.22. The first kappa shape index (κ1) is 16.9. The summed E-state index contributed by atoms with van der Waals surface area (Å²) in [6.07, 6.45) is 0. The van der Waals surface area contributed by atoms with Gasteiger partial charge in [0.25, 0.3) is 0 Å². The first-order valence-corrected chi connectivity index (χ1v) is 8.07. The van der Waals surface area contributed by atoms with Crippen molar-refractivity contribution in [3.63, 3.8) is 0 Å². The Labute approximate surface area is 120 Å². The van der Waals surface area contributed by atoms with Crippen molar-refractivity contribution in [1.82, 2.24) is 9.62 Å². The number of nitrogens with two attached hydrogens (primary N) is 1. The molecule has 7 heteroatoms. The van der Waals surface area contributed by atoms with E-state index in [2.05, 4.69) is 9.62 Å². The second-order valence-electron chi connectivity index (χ2n) is 4.55. The lowest BCUT2D eigenvalue weighted by atomic mass is 10.2. The quantitative estimate of drug-likeness (QED) is 0.745. The highest BCUT2D eigenvalue weighted by Gasteiger charge is 2.19. The molecule has 0 aliphatic carbocycles. The van der Waals surface area contributed by atoms with Crippen molar-refractivity contribution in [2.75, 3.05) is 31.9 Å². The van der Waals surface area contributed by atoms with Gasteiger partial charge in [0.1, 0.15) is 5.82 Å². The molecule has 0 atom stereocenters. The molecule has 0 aliphatic heterocycles. The van der Waals surface area contributed by atoms with Gasteiger partial charge in [0.15, 0.2) is 0 Å². The molecule has 0 spiro atoms. The molecule has 0 heterocycles. The van der Waals surface area contributed by atoms with Gasteiger partial charge >= 0.3 is 0 Å². The monoisotopic (exact) mass is 303 g/mol. The highest BCUT2D eigenvalue weighted by molar-refractivity contribution is 7.89. The van der Waals surface area contributed by atoms with Crippen molar-refractivity contribution >= 4 is 15.7 Å². The van der Waals surface area contributed by atoms with Gasteiger partial charge in [-0.05, 0) is 32.1 Å². The normalized spacial score (nSPS) is 12.1. The third kappa shape index (κ3) is 4.16. The van der Waals surface area contributed by atoms with Crippen LogP contribution in [0, 0.1) is 12.7 Å². The molecule has 0 bridgehead atoms. The molecule has 0 amide bonds. The molecular formula is C13H22FN3O2S. The Morgan fingerprint density at radius 2 is 1.90 bits per heavy atom. The Kier molecular flexibility index (Phi) is 5.91. The minimum atomic E-state index is -3.74.